The second kappa shape index (κ2) is 8.17. The highest BCUT2D eigenvalue weighted by atomic mass is 15.3. The van der Waals surface area contributed by atoms with Crippen molar-refractivity contribution in [1.82, 2.24) is 14.5 Å². The van der Waals surface area contributed by atoms with E-state index in [2.05, 4.69) is 82.9 Å². The number of aromatic nitrogens is 2. The van der Waals surface area contributed by atoms with Crippen LogP contribution in [-0.2, 0) is 7.05 Å². The van der Waals surface area contributed by atoms with Gasteiger partial charge in [0.25, 0.3) is 0 Å². The second-order valence-electron chi connectivity index (χ2n) is 7.44. The summed E-state index contributed by atoms with van der Waals surface area (Å²) in [5.74, 6) is 1.01. The van der Waals surface area contributed by atoms with E-state index in [1.165, 1.54) is 11.4 Å². The molecule has 3 aromatic rings. The van der Waals surface area contributed by atoms with Crippen LogP contribution in [0.1, 0.15) is 17.4 Å². The van der Waals surface area contributed by atoms with E-state index in [1.807, 2.05) is 6.07 Å². The Kier molecular flexibility index (Phi) is 5.46. The third-order valence-corrected chi connectivity index (χ3v) is 5.87. The van der Waals surface area contributed by atoms with Crippen LogP contribution in [0.15, 0.2) is 60.7 Å². The summed E-state index contributed by atoms with van der Waals surface area (Å²) in [6.07, 6.45) is 0. The van der Waals surface area contributed by atoms with Crippen LogP contribution in [0.25, 0.3) is 11.4 Å². The van der Waals surface area contributed by atoms with Gasteiger partial charge in [0.05, 0.1) is 11.7 Å². The molecule has 1 fully saturated rings. The van der Waals surface area contributed by atoms with E-state index < -0.39 is 0 Å². The van der Waals surface area contributed by atoms with Crippen LogP contribution in [0.4, 0.5) is 5.69 Å². The molecule has 2 aromatic carbocycles. The molecular formula is C23H29N5. The number of hydrogen-bond acceptors (Lipinski definition) is 4. The molecule has 5 heteroatoms. The molecule has 4 rings (SSSR count). The fourth-order valence-electron chi connectivity index (χ4n) is 4.13. The Morgan fingerprint density at radius 2 is 1.54 bits per heavy atom. The molecule has 28 heavy (non-hydrogen) atoms. The van der Waals surface area contributed by atoms with Gasteiger partial charge in [-0.15, -0.1) is 0 Å². The first-order chi connectivity index (χ1) is 13.7. The summed E-state index contributed by atoms with van der Waals surface area (Å²) >= 11 is 0. The van der Waals surface area contributed by atoms with Crippen molar-refractivity contribution < 1.29 is 0 Å². The molecule has 0 saturated carbocycles. The van der Waals surface area contributed by atoms with Gasteiger partial charge in [0, 0.05) is 56.7 Å². The number of nitrogens with zero attached hydrogens (tertiary/aromatic N) is 4. The van der Waals surface area contributed by atoms with Crippen molar-refractivity contribution in [1.29, 1.82) is 0 Å². The lowest BCUT2D eigenvalue weighted by atomic mass is 10.1. The van der Waals surface area contributed by atoms with E-state index in [0.717, 1.165) is 43.3 Å². The molecule has 2 N–H and O–H groups in total. The van der Waals surface area contributed by atoms with Gasteiger partial charge in [-0.25, -0.2) is 4.98 Å². The minimum absolute atomic E-state index is 0.154. The standard InChI is InChI=1S/C23H29N5/c1-18-22(25-23(26(18)2)19-9-5-3-6-10-19)21(17-24)28-15-13-27(14-16-28)20-11-7-4-8-12-20/h3-12,21H,13-17,24H2,1-2H3. The number of hydrogen-bond donors (Lipinski definition) is 1. The first-order valence-electron chi connectivity index (χ1n) is 10.0. The number of para-hydroxylation sites is 1. The molecule has 1 saturated heterocycles. The zero-order chi connectivity index (χ0) is 19.5. The van der Waals surface area contributed by atoms with Gasteiger partial charge in [0.2, 0.25) is 0 Å². The molecule has 2 heterocycles. The molecule has 0 amide bonds. The van der Waals surface area contributed by atoms with Crippen molar-refractivity contribution in [3.05, 3.63) is 72.1 Å². The molecule has 1 aromatic heterocycles. The summed E-state index contributed by atoms with van der Waals surface area (Å²) < 4.78 is 2.19. The van der Waals surface area contributed by atoms with Crippen LogP contribution < -0.4 is 10.6 Å². The normalized spacial score (nSPS) is 16.3. The largest absolute Gasteiger partial charge is 0.369 e. The Morgan fingerprint density at radius 3 is 2.14 bits per heavy atom. The predicted octanol–water partition coefficient (Wildman–Crippen LogP) is 3.22. The number of imidazole rings is 1. The molecule has 0 radical (unpaired) electrons. The summed E-state index contributed by atoms with van der Waals surface area (Å²) in [5, 5.41) is 0. The summed E-state index contributed by atoms with van der Waals surface area (Å²) in [7, 11) is 2.09. The number of nitrogens with two attached hydrogens (primary N) is 1. The van der Waals surface area contributed by atoms with Crippen LogP contribution in [0, 0.1) is 6.92 Å². The molecular weight excluding hydrogens is 346 g/mol. The quantitative estimate of drug-likeness (QED) is 0.744. The minimum Gasteiger partial charge on any atom is -0.369 e. The summed E-state index contributed by atoms with van der Waals surface area (Å²) in [6.45, 7) is 6.74. The fourth-order valence-corrected chi connectivity index (χ4v) is 4.13. The molecule has 1 atom stereocenters. The Bertz CT molecular complexity index is 896. The molecule has 146 valence electrons. The van der Waals surface area contributed by atoms with E-state index in [4.69, 9.17) is 10.7 Å². The first kappa shape index (κ1) is 18.7. The van der Waals surface area contributed by atoms with Crippen molar-refractivity contribution in [2.24, 2.45) is 12.8 Å². The molecule has 0 aliphatic carbocycles. The lowest BCUT2D eigenvalue weighted by Crippen LogP contribution is -2.49. The number of rotatable bonds is 5. The number of anilines is 1. The SMILES string of the molecule is Cc1c(C(CN)N2CCN(c3ccccc3)CC2)nc(-c2ccccc2)n1C. The van der Waals surface area contributed by atoms with Crippen molar-refractivity contribution in [3.8, 4) is 11.4 Å². The van der Waals surface area contributed by atoms with E-state index in [9.17, 15) is 0 Å². The number of piperazine rings is 1. The third-order valence-electron chi connectivity index (χ3n) is 5.87. The predicted molar refractivity (Wildman–Crippen MR) is 115 cm³/mol. The summed E-state index contributed by atoms with van der Waals surface area (Å²) in [4.78, 5) is 9.97. The van der Waals surface area contributed by atoms with E-state index in [0.29, 0.717) is 6.54 Å². The average Bonchev–Trinajstić information content (AvgIpc) is 3.05. The zero-order valence-corrected chi connectivity index (χ0v) is 16.8. The Labute approximate surface area is 167 Å². The fraction of sp³-hybridized carbons (Fsp3) is 0.348. The maximum Gasteiger partial charge on any atom is 0.140 e. The summed E-state index contributed by atoms with van der Waals surface area (Å²) in [5.41, 5.74) is 11.0. The monoisotopic (exact) mass is 375 g/mol. The summed E-state index contributed by atoms with van der Waals surface area (Å²) in [6, 6.07) is 21.2. The van der Waals surface area contributed by atoms with Crippen LogP contribution in [-0.4, -0.2) is 47.2 Å². The van der Waals surface area contributed by atoms with Crippen molar-refractivity contribution >= 4 is 5.69 Å². The maximum atomic E-state index is 6.24. The van der Waals surface area contributed by atoms with E-state index in [-0.39, 0.29) is 6.04 Å². The highest BCUT2D eigenvalue weighted by Crippen LogP contribution is 2.28. The topological polar surface area (TPSA) is 50.3 Å². The highest BCUT2D eigenvalue weighted by molar-refractivity contribution is 5.57. The van der Waals surface area contributed by atoms with Gasteiger partial charge in [-0.1, -0.05) is 48.5 Å². The molecule has 0 bridgehead atoms. The van der Waals surface area contributed by atoms with Crippen LogP contribution in [0.5, 0.6) is 0 Å². The Balaban J connectivity index is 1.54. The second-order valence-corrected chi connectivity index (χ2v) is 7.44. The van der Waals surface area contributed by atoms with E-state index >= 15 is 0 Å². The van der Waals surface area contributed by atoms with Gasteiger partial charge >= 0.3 is 0 Å². The van der Waals surface area contributed by atoms with Crippen LogP contribution in [0.2, 0.25) is 0 Å². The molecule has 1 unspecified atom stereocenters. The Morgan fingerprint density at radius 1 is 0.929 bits per heavy atom. The van der Waals surface area contributed by atoms with Crippen molar-refractivity contribution in [2.45, 2.75) is 13.0 Å². The molecule has 1 aliphatic rings. The minimum atomic E-state index is 0.154. The smallest absolute Gasteiger partial charge is 0.140 e. The van der Waals surface area contributed by atoms with Gasteiger partial charge in [-0.05, 0) is 19.1 Å². The van der Waals surface area contributed by atoms with Crippen LogP contribution >= 0.6 is 0 Å². The van der Waals surface area contributed by atoms with Gasteiger partial charge < -0.3 is 15.2 Å². The molecule has 1 aliphatic heterocycles. The van der Waals surface area contributed by atoms with Crippen molar-refractivity contribution in [2.75, 3.05) is 37.6 Å². The molecule has 0 spiro atoms. The van der Waals surface area contributed by atoms with Crippen molar-refractivity contribution in [3.63, 3.8) is 0 Å². The van der Waals surface area contributed by atoms with Crippen LogP contribution in [0.3, 0.4) is 0 Å². The average molecular weight is 376 g/mol. The van der Waals surface area contributed by atoms with Gasteiger partial charge in [-0.2, -0.15) is 0 Å². The maximum absolute atomic E-state index is 6.24. The van der Waals surface area contributed by atoms with Gasteiger partial charge in [0.1, 0.15) is 5.82 Å². The Hall–Kier alpha value is -2.63. The number of benzene rings is 2. The van der Waals surface area contributed by atoms with Gasteiger partial charge in [0.15, 0.2) is 0 Å². The lowest BCUT2D eigenvalue weighted by Gasteiger charge is -2.39. The molecule has 5 nitrogen and oxygen atoms in total. The van der Waals surface area contributed by atoms with E-state index in [1.54, 1.807) is 0 Å². The zero-order valence-electron chi connectivity index (χ0n) is 16.8. The first-order valence-corrected chi connectivity index (χ1v) is 10.0. The third kappa shape index (κ3) is 3.55. The lowest BCUT2D eigenvalue weighted by molar-refractivity contribution is 0.186. The van der Waals surface area contributed by atoms with Gasteiger partial charge in [-0.3, -0.25) is 4.90 Å². The highest BCUT2D eigenvalue weighted by Gasteiger charge is 2.28.